The molecule has 1 N–H and O–H groups in total. The molecule has 0 radical (unpaired) electrons. The molecule has 6 rings (SSSR count). The highest BCUT2D eigenvalue weighted by Crippen LogP contribution is 2.55. The lowest BCUT2D eigenvalue weighted by Crippen LogP contribution is -2.60. The van der Waals surface area contributed by atoms with Gasteiger partial charge in [0.1, 0.15) is 18.1 Å². The maximum atomic E-state index is 13.1. The van der Waals surface area contributed by atoms with Gasteiger partial charge >= 0.3 is 0 Å². The van der Waals surface area contributed by atoms with E-state index in [2.05, 4.69) is 10.5 Å². The number of aromatic nitrogens is 1. The van der Waals surface area contributed by atoms with Crippen molar-refractivity contribution in [1.29, 1.82) is 0 Å². The summed E-state index contributed by atoms with van der Waals surface area (Å²) in [4.78, 5) is 13.1. The quantitative estimate of drug-likeness (QED) is 0.774. The molecule has 4 saturated carbocycles. The van der Waals surface area contributed by atoms with E-state index in [1.54, 1.807) is 24.3 Å². The normalized spacial score (nSPS) is 30.4. The minimum absolute atomic E-state index is 0.0486. The van der Waals surface area contributed by atoms with Gasteiger partial charge in [-0.25, -0.2) is 0 Å². The third-order valence-corrected chi connectivity index (χ3v) is 7.07. The smallest absolute Gasteiger partial charge is 0.274 e. The molecule has 4 aliphatic carbocycles. The summed E-state index contributed by atoms with van der Waals surface area (Å²) >= 11 is 5.92. The van der Waals surface area contributed by atoms with E-state index in [0.717, 1.165) is 37.0 Å². The number of amides is 1. The molecule has 6 heteroatoms. The molecule has 4 fully saturated rings. The summed E-state index contributed by atoms with van der Waals surface area (Å²) in [7, 11) is 0. The molecule has 0 unspecified atom stereocenters. The van der Waals surface area contributed by atoms with Gasteiger partial charge in [0, 0.05) is 10.6 Å². The fourth-order valence-electron chi connectivity index (χ4n) is 5.99. The maximum absolute atomic E-state index is 13.1. The van der Waals surface area contributed by atoms with Crippen LogP contribution in [0.25, 0.3) is 0 Å². The Bertz CT molecular complexity index is 854. The van der Waals surface area contributed by atoms with E-state index in [1.807, 2.05) is 6.92 Å². The number of hydrogen-bond donors (Lipinski definition) is 1. The van der Waals surface area contributed by atoms with Gasteiger partial charge in [-0.2, -0.15) is 0 Å². The fourth-order valence-corrected chi connectivity index (χ4v) is 6.12. The largest absolute Gasteiger partial charge is 0.489 e. The number of benzene rings is 1. The Morgan fingerprint density at radius 2 is 1.79 bits per heavy atom. The topological polar surface area (TPSA) is 64.4 Å². The van der Waals surface area contributed by atoms with Crippen molar-refractivity contribution in [3.63, 3.8) is 0 Å². The summed E-state index contributed by atoms with van der Waals surface area (Å²) in [6, 6.07) is 7.16. The van der Waals surface area contributed by atoms with E-state index in [9.17, 15) is 4.79 Å². The predicted molar refractivity (Wildman–Crippen MR) is 105 cm³/mol. The van der Waals surface area contributed by atoms with Crippen LogP contribution in [0, 0.1) is 24.7 Å². The van der Waals surface area contributed by atoms with E-state index < -0.39 is 0 Å². The second kappa shape index (κ2) is 6.80. The van der Waals surface area contributed by atoms with Gasteiger partial charge in [-0.05, 0) is 87.5 Å². The lowest BCUT2D eigenvalue weighted by atomic mass is 9.53. The van der Waals surface area contributed by atoms with Crippen molar-refractivity contribution in [2.75, 3.05) is 0 Å². The minimum atomic E-state index is -0.131. The molecule has 0 atom stereocenters. The third kappa shape index (κ3) is 3.30. The summed E-state index contributed by atoms with van der Waals surface area (Å²) in [6.07, 6.45) is 7.36. The van der Waals surface area contributed by atoms with Crippen molar-refractivity contribution in [3.8, 4) is 5.75 Å². The van der Waals surface area contributed by atoms with Crippen molar-refractivity contribution in [3.05, 3.63) is 46.3 Å². The summed E-state index contributed by atoms with van der Waals surface area (Å²) in [5, 5.41) is 8.07. The van der Waals surface area contributed by atoms with Gasteiger partial charge in [0.15, 0.2) is 5.69 Å². The van der Waals surface area contributed by atoms with Gasteiger partial charge in [0.05, 0.1) is 5.56 Å². The van der Waals surface area contributed by atoms with Gasteiger partial charge in [0.25, 0.3) is 5.91 Å². The number of nitrogens with zero attached hydrogens (tertiary/aromatic N) is 1. The van der Waals surface area contributed by atoms with Gasteiger partial charge in [-0.1, -0.05) is 16.8 Å². The first-order valence-corrected chi connectivity index (χ1v) is 10.5. The van der Waals surface area contributed by atoms with Crippen LogP contribution in [-0.4, -0.2) is 16.6 Å². The Morgan fingerprint density at radius 3 is 2.39 bits per heavy atom. The van der Waals surface area contributed by atoms with Crippen LogP contribution < -0.4 is 10.1 Å². The molecule has 0 saturated heterocycles. The van der Waals surface area contributed by atoms with Crippen LogP contribution in [0.5, 0.6) is 5.75 Å². The van der Waals surface area contributed by atoms with E-state index >= 15 is 0 Å². The molecule has 2 aromatic rings. The van der Waals surface area contributed by atoms with Crippen molar-refractivity contribution in [2.45, 2.75) is 57.6 Å². The number of halogens is 1. The van der Waals surface area contributed by atoms with Gasteiger partial charge in [0.2, 0.25) is 0 Å². The Hall–Kier alpha value is -2.01. The Morgan fingerprint density at radius 1 is 1.18 bits per heavy atom. The molecule has 1 amide bonds. The van der Waals surface area contributed by atoms with Crippen molar-refractivity contribution < 1.29 is 14.1 Å². The number of carbonyl (C=O) groups is 1. The second-order valence-electron chi connectivity index (χ2n) is 8.96. The first kappa shape index (κ1) is 18.0. The molecule has 1 aromatic carbocycles. The third-order valence-electron chi connectivity index (χ3n) is 6.81. The first-order valence-electron chi connectivity index (χ1n) is 10.2. The SMILES string of the molecule is Cc1onc(C(=O)NC23CC4CC(CC(C4)C2)C3)c1COc1ccc(Cl)cc1. The van der Waals surface area contributed by atoms with Crippen molar-refractivity contribution in [2.24, 2.45) is 17.8 Å². The van der Waals surface area contributed by atoms with Crippen molar-refractivity contribution in [1.82, 2.24) is 10.5 Å². The van der Waals surface area contributed by atoms with Crippen LogP contribution in [0.3, 0.4) is 0 Å². The molecule has 0 spiro atoms. The predicted octanol–water partition coefficient (Wildman–Crippen LogP) is 4.91. The summed E-state index contributed by atoms with van der Waals surface area (Å²) < 4.78 is 11.2. The van der Waals surface area contributed by atoms with E-state index in [0.29, 0.717) is 27.8 Å². The Balaban J connectivity index is 1.31. The number of nitrogens with one attached hydrogen (secondary N) is 1. The number of carbonyl (C=O) groups excluding carboxylic acids is 1. The molecule has 1 heterocycles. The monoisotopic (exact) mass is 400 g/mol. The Kier molecular flexibility index (Phi) is 4.38. The highest BCUT2D eigenvalue weighted by molar-refractivity contribution is 6.30. The zero-order chi connectivity index (χ0) is 19.3. The summed E-state index contributed by atoms with van der Waals surface area (Å²) in [6.45, 7) is 2.05. The average Bonchev–Trinajstić information content (AvgIpc) is 3.00. The number of rotatable bonds is 5. The minimum Gasteiger partial charge on any atom is -0.489 e. The van der Waals surface area contributed by atoms with Gasteiger partial charge in [-0.15, -0.1) is 0 Å². The van der Waals surface area contributed by atoms with Crippen LogP contribution in [0.4, 0.5) is 0 Å². The lowest BCUT2D eigenvalue weighted by molar-refractivity contribution is -0.0168. The second-order valence-corrected chi connectivity index (χ2v) is 9.40. The lowest BCUT2D eigenvalue weighted by Gasteiger charge is -2.56. The fraction of sp³-hybridized carbons (Fsp3) is 0.545. The highest BCUT2D eigenvalue weighted by Gasteiger charge is 2.51. The molecule has 148 valence electrons. The molecular weight excluding hydrogens is 376 g/mol. The van der Waals surface area contributed by atoms with E-state index in [-0.39, 0.29) is 18.1 Å². The Labute approximate surface area is 169 Å². The van der Waals surface area contributed by atoms with E-state index in [1.165, 1.54) is 19.3 Å². The molecule has 4 bridgehead atoms. The standard InChI is InChI=1S/C22H25ClN2O3/c1-13-19(12-27-18-4-2-17(23)3-5-18)20(25-28-13)21(26)24-22-9-14-6-15(10-22)8-16(7-14)11-22/h2-5,14-16H,6-12H2,1H3,(H,24,26). The van der Waals surface area contributed by atoms with Gasteiger partial charge < -0.3 is 14.6 Å². The number of hydrogen-bond acceptors (Lipinski definition) is 4. The zero-order valence-corrected chi connectivity index (χ0v) is 16.8. The van der Waals surface area contributed by atoms with Crippen molar-refractivity contribution >= 4 is 17.5 Å². The molecule has 4 aliphatic rings. The average molecular weight is 401 g/mol. The van der Waals surface area contributed by atoms with Crippen LogP contribution in [0.1, 0.15) is 60.3 Å². The summed E-state index contributed by atoms with van der Waals surface area (Å²) in [5.41, 5.74) is 1.01. The summed E-state index contributed by atoms with van der Waals surface area (Å²) in [5.74, 6) is 3.51. The van der Waals surface area contributed by atoms with Crippen LogP contribution in [-0.2, 0) is 6.61 Å². The maximum Gasteiger partial charge on any atom is 0.274 e. The number of ether oxygens (including phenoxy) is 1. The first-order chi connectivity index (χ1) is 13.5. The van der Waals surface area contributed by atoms with Crippen LogP contribution in [0.2, 0.25) is 5.02 Å². The molecule has 28 heavy (non-hydrogen) atoms. The number of aryl methyl sites for hydroxylation is 1. The molecular formula is C22H25ClN2O3. The van der Waals surface area contributed by atoms with Crippen LogP contribution in [0.15, 0.2) is 28.8 Å². The highest BCUT2D eigenvalue weighted by atomic mass is 35.5. The molecule has 0 aliphatic heterocycles. The molecule has 1 aromatic heterocycles. The van der Waals surface area contributed by atoms with E-state index in [4.69, 9.17) is 20.9 Å². The molecule has 5 nitrogen and oxygen atoms in total. The zero-order valence-electron chi connectivity index (χ0n) is 16.0. The van der Waals surface area contributed by atoms with Crippen LogP contribution >= 0.6 is 11.6 Å². The van der Waals surface area contributed by atoms with Gasteiger partial charge in [-0.3, -0.25) is 4.79 Å².